The van der Waals surface area contributed by atoms with Crippen molar-refractivity contribution in [3.63, 3.8) is 0 Å². The maximum atomic E-state index is 8.74. The SMILES string of the molecule is O.O=[PH](O)O.[MgH2]. The van der Waals surface area contributed by atoms with Crippen molar-refractivity contribution in [2.45, 2.75) is 0 Å². The lowest BCUT2D eigenvalue weighted by Gasteiger charge is -1.61. The Morgan fingerprint density at radius 3 is 1.33 bits per heavy atom. The van der Waals surface area contributed by atoms with Crippen LogP contribution in [0.5, 0.6) is 0 Å². The van der Waals surface area contributed by atoms with Gasteiger partial charge < -0.3 is 15.3 Å². The average molecular weight is 126 g/mol. The summed E-state index contributed by atoms with van der Waals surface area (Å²) < 4.78 is 8.74. The Hall–Kier alpha value is 0.876. The molecule has 4 N–H and O–H groups in total. The quantitative estimate of drug-likeness (QED) is 0.281. The van der Waals surface area contributed by atoms with Crippen molar-refractivity contribution in [1.82, 2.24) is 0 Å². The van der Waals surface area contributed by atoms with Crippen molar-refractivity contribution in [3.8, 4) is 0 Å². The largest absolute Gasteiger partial charge is 0.412 e. The van der Waals surface area contributed by atoms with E-state index < -0.39 is 8.25 Å². The summed E-state index contributed by atoms with van der Waals surface area (Å²) in [5.74, 6) is 0. The third-order valence-corrected chi connectivity index (χ3v) is 0. The summed E-state index contributed by atoms with van der Waals surface area (Å²) in [6.07, 6.45) is 0. The van der Waals surface area contributed by atoms with Gasteiger partial charge in [-0.05, 0) is 0 Å². The van der Waals surface area contributed by atoms with Crippen molar-refractivity contribution in [2.24, 2.45) is 0 Å². The Bertz CT molecular complexity index is 30.5. The first-order valence-electron chi connectivity index (χ1n) is 0.651. The fourth-order valence-electron chi connectivity index (χ4n) is 0. The zero-order valence-corrected chi connectivity index (χ0v) is 3.30. The molecule has 0 atom stereocenters. The van der Waals surface area contributed by atoms with Crippen LogP contribution in [0.2, 0.25) is 0 Å². The molecule has 0 bridgehead atoms. The monoisotopic (exact) mass is 126 g/mol. The third kappa shape index (κ3) is 95.4. The zero-order chi connectivity index (χ0) is 3.58. The van der Waals surface area contributed by atoms with Crippen LogP contribution in [0.1, 0.15) is 0 Å². The molecule has 0 rings (SSSR count). The highest BCUT2D eigenvalue weighted by Gasteiger charge is 1.61. The van der Waals surface area contributed by atoms with Gasteiger partial charge in [0.2, 0.25) is 0 Å². The van der Waals surface area contributed by atoms with E-state index in [0.717, 1.165) is 0 Å². The third-order valence-electron chi connectivity index (χ3n) is 0. The molecule has 38 valence electrons. The predicted molar refractivity (Wildman–Crippen MR) is 25.6 cm³/mol. The highest BCUT2D eigenvalue weighted by molar-refractivity contribution is 7.30. The van der Waals surface area contributed by atoms with E-state index in [2.05, 4.69) is 0 Å². The Kier molecular flexibility index (Phi) is 24.5. The molecule has 6 heteroatoms. The second kappa shape index (κ2) is 9.30. The molecule has 4 nitrogen and oxygen atoms in total. The van der Waals surface area contributed by atoms with Crippen molar-refractivity contribution >= 4 is 31.3 Å². The topological polar surface area (TPSA) is 89.0 Å². The number of hydrogen-bond donors (Lipinski definition) is 2. The molecule has 0 fully saturated rings. The standard InChI is InChI=1S/Mg.H3O3P.H2O.2H/c;1-4(2)3;;;/h;4H,(H2,1,2,3);1H2;;. The second-order valence-corrected chi connectivity index (χ2v) is 0.848. The molecule has 0 aromatic rings. The van der Waals surface area contributed by atoms with Crippen LogP contribution in [0.3, 0.4) is 0 Å². The van der Waals surface area contributed by atoms with Crippen LogP contribution >= 0.6 is 8.25 Å². The molecule has 0 aromatic heterocycles. The summed E-state index contributed by atoms with van der Waals surface area (Å²) in [5.41, 5.74) is 0. The predicted octanol–water partition coefficient (Wildman–Crippen LogP) is -2.38. The maximum absolute atomic E-state index is 8.74. The van der Waals surface area contributed by atoms with Gasteiger partial charge in [-0.3, -0.25) is 4.57 Å². The highest BCUT2D eigenvalue weighted by atomic mass is 31.1. The van der Waals surface area contributed by atoms with E-state index in [1.807, 2.05) is 0 Å². The molecule has 0 unspecified atom stereocenters. The average Bonchev–Trinajstić information content (AvgIpc) is 0.811. The van der Waals surface area contributed by atoms with E-state index in [-0.39, 0.29) is 28.5 Å². The van der Waals surface area contributed by atoms with Crippen LogP contribution in [0.25, 0.3) is 0 Å². The van der Waals surface area contributed by atoms with E-state index >= 15 is 0 Å². The minimum atomic E-state index is -3.13. The van der Waals surface area contributed by atoms with E-state index in [9.17, 15) is 0 Å². The van der Waals surface area contributed by atoms with Crippen LogP contribution in [0.15, 0.2) is 0 Å². The molecule has 0 aromatic carbocycles. The Morgan fingerprint density at radius 1 is 1.33 bits per heavy atom. The second-order valence-electron chi connectivity index (χ2n) is 0.283. The molecular formula is H7MgO4P. The molecule has 0 radical (unpaired) electrons. The smallest absolute Gasteiger partial charge is 0.316 e. The molecule has 0 saturated carbocycles. The summed E-state index contributed by atoms with van der Waals surface area (Å²) in [7, 11) is -3.13. The molecule has 0 aliphatic heterocycles. The normalized spacial score (nSPS) is 5.83. The molecule has 0 saturated heterocycles. The van der Waals surface area contributed by atoms with Gasteiger partial charge in [0.25, 0.3) is 0 Å². The summed E-state index contributed by atoms with van der Waals surface area (Å²) in [4.78, 5) is 14.3. The lowest BCUT2D eigenvalue weighted by molar-refractivity contribution is 0.405. The van der Waals surface area contributed by atoms with Gasteiger partial charge in [0.05, 0.1) is 0 Å². The van der Waals surface area contributed by atoms with Crippen molar-refractivity contribution in [3.05, 3.63) is 0 Å². The summed E-state index contributed by atoms with van der Waals surface area (Å²) in [5, 5.41) is 0. The van der Waals surface area contributed by atoms with E-state index in [0.29, 0.717) is 0 Å². The molecule has 0 aliphatic rings. The Morgan fingerprint density at radius 2 is 1.33 bits per heavy atom. The molecule has 0 aliphatic carbocycles. The van der Waals surface area contributed by atoms with Gasteiger partial charge in [-0.25, -0.2) is 0 Å². The molecule has 0 spiro atoms. The minimum Gasteiger partial charge on any atom is -0.412 e. The summed E-state index contributed by atoms with van der Waals surface area (Å²) in [6, 6.07) is 0. The van der Waals surface area contributed by atoms with Crippen molar-refractivity contribution in [1.29, 1.82) is 0 Å². The van der Waals surface area contributed by atoms with Crippen LogP contribution < -0.4 is 0 Å². The number of rotatable bonds is 0. The summed E-state index contributed by atoms with van der Waals surface area (Å²) >= 11 is 0. The van der Waals surface area contributed by atoms with Gasteiger partial charge in [0, 0.05) is 0 Å². The minimum absolute atomic E-state index is 0. The van der Waals surface area contributed by atoms with Gasteiger partial charge in [-0.15, -0.1) is 0 Å². The highest BCUT2D eigenvalue weighted by Crippen LogP contribution is 1.98. The van der Waals surface area contributed by atoms with Crippen LogP contribution in [-0.2, 0) is 4.57 Å². The fourth-order valence-corrected chi connectivity index (χ4v) is 0. The van der Waals surface area contributed by atoms with Crippen LogP contribution in [0, 0.1) is 0 Å². The first-order valence-corrected chi connectivity index (χ1v) is 1.95. The van der Waals surface area contributed by atoms with Gasteiger partial charge >= 0.3 is 31.3 Å². The summed E-state index contributed by atoms with van der Waals surface area (Å²) in [6.45, 7) is 0. The number of hydrogen-bond acceptors (Lipinski definition) is 1. The van der Waals surface area contributed by atoms with Crippen molar-refractivity contribution < 1.29 is 19.8 Å². The van der Waals surface area contributed by atoms with Crippen LogP contribution in [0.4, 0.5) is 0 Å². The lowest BCUT2D eigenvalue weighted by Crippen LogP contribution is -1.38. The first-order chi connectivity index (χ1) is 1.73. The van der Waals surface area contributed by atoms with E-state index in [1.165, 1.54) is 0 Å². The van der Waals surface area contributed by atoms with E-state index in [1.54, 1.807) is 0 Å². The Labute approximate surface area is 51.6 Å². The zero-order valence-electron chi connectivity index (χ0n) is 2.30. The van der Waals surface area contributed by atoms with Gasteiger partial charge in [0.15, 0.2) is 0 Å². The van der Waals surface area contributed by atoms with E-state index in [4.69, 9.17) is 14.4 Å². The maximum Gasteiger partial charge on any atom is 0.316 e. The van der Waals surface area contributed by atoms with Gasteiger partial charge in [0.1, 0.15) is 0 Å². The van der Waals surface area contributed by atoms with Crippen LogP contribution in [-0.4, -0.2) is 38.3 Å². The van der Waals surface area contributed by atoms with Crippen molar-refractivity contribution in [2.75, 3.05) is 0 Å². The molecule has 0 amide bonds. The molecular weight excluding hydrogens is 119 g/mol. The fraction of sp³-hybridized carbons (Fsp3) is 0. The van der Waals surface area contributed by atoms with Gasteiger partial charge in [-0.2, -0.15) is 0 Å². The Balaban J connectivity index is -0.0000000450. The van der Waals surface area contributed by atoms with Gasteiger partial charge in [-0.1, -0.05) is 0 Å². The molecule has 0 heterocycles. The first kappa shape index (κ1) is 15.8. The lowest BCUT2D eigenvalue weighted by atomic mass is 15.8. The molecule has 6 heavy (non-hydrogen) atoms.